The number of fused-ring (bicyclic) bond motifs is 15. The van der Waals surface area contributed by atoms with E-state index in [9.17, 15) is 16.4 Å². The van der Waals surface area contributed by atoms with Crippen LogP contribution in [0.25, 0.3) is 111 Å². The summed E-state index contributed by atoms with van der Waals surface area (Å²) in [5.41, 5.74) is 4.48. The number of benzene rings is 8. The van der Waals surface area contributed by atoms with Gasteiger partial charge in [-0.1, -0.05) is 190 Å². The van der Waals surface area contributed by atoms with Crippen LogP contribution in [0.1, 0.15) is 42.1 Å². The number of rotatable bonds is 3. The van der Waals surface area contributed by atoms with Crippen molar-refractivity contribution < 1.29 is 16.4 Å². The Hall–Kier alpha value is -7.41. The zero-order valence-corrected chi connectivity index (χ0v) is 35.4. The lowest BCUT2D eigenvalue weighted by Gasteiger charge is -2.43. The van der Waals surface area contributed by atoms with Crippen LogP contribution in [0.2, 0.25) is 19.0 Å². The number of para-hydroxylation sites is 4. The molecule has 0 bridgehead atoms. The molecule has 11 aromatic rings. The van der Waals surface area contributed by atoms with E-state index in [1.165, 1.54) is 6.07 Å². The highest BCUT2D eigenvalue weighted by atomic mass is 28.3. The van der Waals surface area contributed by atoms with Crippen molar-refractivity contribution in [1.82, 2.24) is 24.1 Å². The molecule has 2 aliphatic rings. The molecule has 0 radical (unpaired) electrons. The van der Waals surface area contributed by atoms with Crippen molar-refractivity contribution in [2.75, 3.05) is 0 Å². The molecule has 8 aromatic carbocycles. The third-order valence-electron chi connectivity index (χ3n) is 13.4. The van der Waals surface area contributed by atoms with Gasteiger partial charge in [-0.3, -0.25) is 9.13 Å². The van der Waals surface area contributed by atoms with Crippen molar-refractivity contribution in [2.24, 2.45) is 0 Å². The molecule has 13 rings (SSSR count). The van der Waals surface area contributed by atoms with E-state index < -0.39 is 58.2 Å². The maximum absolute atomic E-state index is 9.56. The molecule has 6 heteroatoms. The maximum atomic E-state index is 9.56. The van der Waals surface area contributed by atoms with Crippen LogP contribution >= 0.6 is 0 Å². The van der Waals surface area contributed by atoms with Gasteiger partial charge in [0.2, 0.25) is 11.9 Å². The number of hydrogen-bond acceptors (Lipinski definition) is 3. The van der Waals surface area contributed by atoms with Crippen molar-refractivity contribution in [1.29, 1.82) is 0 Å². The molecule has 0 saturated carbocycles. The standard InChI is InChI=1S/C58H45N5Si/c1-58(2)33-34-64(3,4)51-35-46-40-23-8-7-21-38(40)36-19-5-6-20-37(36)39-22-9-10-28-45(39)52(46)53(54(51)58)55-59-56(62-47-29-15-11-24-41(47)42-25-12-16-30-48(42)62)61-57(60-55)63-49-31-17-13-26-43(49)44-27-14-18-32-50(44)63/h5-32,35H,33-34H2,1-4H3/i1D3,2D3,3D3,4D3. The van der Waals surface area contributed by atoms with Crippen LogP contribution in [0.3, 0.4) is 0 Å². The van der Waals surface area contributed by atoms with E-state index in [0.29, 0.717) is 27.8 Å². The molecule has 0 unspecified atom stereocenters. The van der Waals surface area contributed by atoms with Gasteiger partial charge in [0.1, 0.15) is 0 Å². The molecule has 0 spiro atoms. The third kappa shape index (κ3) is 5.26. The summed E-state index contributed by atoms with van der Waals surface area (Å²) in [5.74, 6) is 0.0152. The fraction of sp³-hybridized carbons (Fsp3) is 0.121. The molecule has 5 nitrogen and oxygen atoms in total. The second-order valence-electron chi connectivity index (χ2n) is 17.0. The van der Waals surface area contributed by atoms with Gasteiger partial charge in [0.25, 0.3) is 0 Å². The van der Waals surface area contributed by atoms with Crippen molar-refractivity contribution >= 4 is 56.9 Å². The highest BCUT2D eigenvalue weighted by molar-refractivity contribution is 6.90. The molecule has 0 fully saturated rings. The predicted octanol–water partition coefficient (Wildman–Crippen LogP) is 14.3. The Labute approximate surface area is 390 Å². The summed E-state index contributed by atoms with van der Waals surface area (Å²) in [4.78, 5) is 16.3. The lowest BCUT2D eigenvalue weighted by Crippen LogP contribution is -2.51. The van der Waals surface area contributed by atoms with E-state index in [0.717, 1.165) is 60.3 Å². The van der Waals surface area contributed by atoms with Gasteiger partial charge in [-0.2, -0.15) is 15.0 Å². The average Bonchev–Trinajstić information content (AvgIpc) is 3.93. The first-order valence-electron chi connectivity index (χ1n) is 27.5. The van der Waals surface area contributed by atoms with Gasteiger partial charge in [0, 0.05) is 49.1 Å². The topological polar surface area (TPSA) is 48.5 Å². The van der Waals surface area contributed by atoms with Crippen molar-refractivity contribution in [3.05, 3.63) is 181 Å². The molecule has 1 aliphatic heterocycles. The molecule has 0 atom stereocenters. The summed E-state index contributed by atoms with van der Waals surface area (Å²) in [6.07, 6.45) is -0.798. The highest BCUT2D eigenvalue weighted by Gasteiger charge is 2.43. The van der Waals surface area contributed by atoms with Crippen LogP contribution in [-0.4, -0.2) is 32.2 Å². The summed E-state index contributed by atoms with van der Waals surface area (Å²) in [7, 11) is -5.15. The van der Waals surface area contributed by atoms with Gasteiger partial charge in [0.15, 0.2) is 5.82 Å². The smallest absolute Gasteiger partial charge is 0.240 e. The zero-order chi connectivity index (χ0) is 52.9. The first-order valence-corrected chi connectivity index (χ1v) is 23.7. The minimum atomic E-state index is -5.15. The van der Waals surface area contributed by atoms with E-state index in [1.54, 1.807) is 0 Å². The van der Waals surface area contributed by atoms with Crippen LogP contribution in [0.5, 0.6) is 0 Å². The Morgan fingerprint density at radius 2 is 0.844 bits per heavy atom. The second-order valence-corrected chi connectivity index (χ2v) is 19.9. The normalized spacial score (nSPS) is 18.2. The van der Waals surface area contributed by atoms with Crippen LogP contribution in [0, 0.1) is 0 Å². The minimum absolute atomic E-state index is 0.0853. The summed E-state index contributed by atoms with van der Waals surface area (Å²) < 4.78 is 118. The quantitative estimate of drug-likeness (QED) is 0.166. The summed E-state index contributed by atoms with van der Waals surface area (Å²) in [5, 5.41) is 3.26. The second kappa shape index (κ2) is 13.5. The highest BCUT2D eigenvalue weighted by Crippen LogP contribution is 2.54. The zero-order valence-electron chi connectivity index (χ0n) is 46.4. The Bertz CT molecular complexity index is 3960. The Morgan fingerprint density at radius 1 is 0.453 bits per heavy atom. The minimum Gasteiger partial charge on any atom is -0.278 e. The summed E-state index contributed by atoms with van der Waals surface area (Å²) >= 11 is 0. The predicted molar refractivity (Wildman–Crippen MR) is 269 cm³/mol. The molecule has 4 heterocycles. The molecule has 1 aliphatic carbocycles. The van der Waals surface area contributed by atoms with Crippen LogP contribution < -0.4 is 5.19 Å². The van der Waals surface area contributed by atoms with Crippen LogP contribution in [0.15, 0.2) is 176 Å². The SMILES string of the molecule is [2H]C([2H])([2H])C1(C([2H])([2H])[2H])CC[Si](C([2H])([2H])[2H])(C([2H])([2H])[2H])c2cc3c(c(-c4nc(-n5c6ccccc6c6ccccc65)nc(-n5c6ccccc6c6ccccc65)n4)c21)-c1ccccc1-c1ccccc1-c1ccccc1-3. The Balaban J connectivity index is 1.33. The number of aromatic nitrogens is 5. The molecule has 64 heavy (non-hydrogen) atoms. The van der Waals surface area contributed by atoms with Crippen molar-refractivity contribution in [3.63, 3.8) is 0 Å². The molecule has 0 saturated heterocycles. The molecular weight excluding hydrogens is 795 g/mol. The van der Waals surface area contributed by atoms with Crippen LogP contribution in [0.4, 0.5) is 0 Å². The largest absolute Gasteiger partial charge is 0.278 e. The third-order valence-corrected chi connectivity index (χ3v) is 15.7. The van der Waals surface area contributed by atoms with Gasteiger partial charge < -0.3 is 0 Å². The lowest BCUT2D eigenvalue weighted by molar-refractivity contribution is 0.499. The fourth-order valence-electron chi connectivity index (χ4n) is 10.6. The lowest BCUT2D eigenvalue weighted by atomic mass is 9.73. The van der Waals surface area contributed by atoms with E-state index in [-0.39, 0.29) is 28.5 Å². The van der Waals surface area contributed by atoms with E-state index >= 15 is 0 Å². The maximum Gasteiger partial charge on any atom is 0.240 e. The van der Waals surface area contributed by atoms with Gasteiger partial charge in [-0.05, 0) is 80.6 Å². The fourth-order valence-corrected chi connectivity index (χ4v) is 12.8. The van der Waals surface area contributed by atoms with E-state index in [1.807, 2.05) is 179 Å². The summed E-state index contributed by atoms with van der Waals surface area (Å²) in [6.45, 7) is -13.2. The monoisotopic (exact) mass is 851 g/mol. The van der Waals surface area contributed by atoms with Gasteiger partial charge in [-0.25, -0.2) is 0 Å². The van der Waals surface area contributed by atoms with Gasteiger partial charge in [-0.15, -0.1) is 0 Å². The molecule has 0 amide bonds. The summed E-state index contributed by atoms with van der Waals surface area (Å²) in [6, 6.07) is 55.0. The van der Waals surface area contributed by atoms with Gasteiger partial charge in [0.05, 0.1) is 30.1 Å². The first-order chi connectivity index (χ1) is 36.3. The average molecular weight is 852 g/mol. The van der Waals surface area contributed by atoms with Crippen molar-refractivity contribution in [2.45, 2.75) is 44.5 Å². The van der Waals surface area contributed by atoms with Gasteiger partial charge >= 0.3 is 0 Å². The number of nitrogens with zero attached hydrogens (tertiary/aromatic N) is 5. The van der Waals surface area contributed by atoms with E-state index in [4.69, 9.17) is 15.0 Å². The first kappa shape index (κ1) is 26.9. The van der Waals surface area contributed by atoms with Crippen LogP contribution in [-0.2, 0) is 5.41 Å². The molecular formula is C58H45N5Si. The Kier molecular flexibility index (Phi) is 5.70. The molecule has 0 N–H and O–H groups in total. The Morgan fingerprint density at radius 3 is 1.28 bits per heavy atom. The number of hydrogen-bond donors (Lipinski definition) is 0. The molecule has 3 aromatic heterocycles. The molecule has 306 valence electrons. The van der Waals surface area contributed by atoms with Crippen molar-refractivity contribution in [3.8, 4) is 67.8 Å². The van der Waals surface area contributed by atoms with E-state index in [2.05, 4.69) is 0 Å².